The summed E-state index contributed by atoms with van der Waals surface area (Å²) in [5.41, 5.74) is 1.30. The van der Waals surface area contributed by atoms with Crippen molar-refractivity contribution < 1.29 is 9.13 Å². The first-order valence-corrected chi connectivity index (χ1v) is 7.38. The minimum Gasteiger partial charge on any atom is -0.493 e. The van der Waals surface area contributed by atoms with Gasteiger partial charge in [0.15, 0.2) is 0 Å². The number of hydrogen-bond acceptors (Lipinski definition) is 1. The Morgan fingerprint density at radius 2 is 1.76 bits per heavy atom. The van der Waals surface area contributed by atoms with Gasteiger partial charge in [-0.25, -0.2) is 4.39 Å². The van der Waals surface area contributed by atoms with Gasteiger partial charge in [-0.2, -0.15) is 0 Å². The lowest BCUT2D eigenvalue weighted by atomic mass is 9.77. The average Bonchev–Trinajstić information content (AvgIpc) is 2.43. The fraction of sp³-hybridized carbons (Fsp3) is 0.333. The molecule has 3 heteroatoms. The maximum atomic E-state index is 13.2. The SMILES string of the molecule is CC(C)(C)C(COc1ccc(F)c(Cl)c1)c1ccccc1. The molecule has 0 radical (unpaired) electrons. The van der Waals surface area contributed by atoms with Crippen molar-refractivity contribution in [2.75, 3.05) is 6.61 Å². The molecule has 21 heavy (non-hydrogen) atoms. The molecule has 0 aromatic heterocycles. The van der Waals surface area contributed by atoms with E-state index in [1.807, 2.05) is 18.2 Å². The first-order chi connectivity index (χ1) is 9.88. The molecule has 0 N–H and O–H groups in total. The van der Waals surface area contributed by atoms with Crippen molar-refractivity contribution in [2.45, 2.75) is 26.7 Å². The third kappa shape index (κ3) is 4.21. The number of rotatable bonds is 4. The van der Waals surface area contributed by atoms with Gasteiger partial charge in [-0.1, -0.05) is 62.7 Å². The highest BCUT2D eigenvalue weighted by molar-refractivity contribution is 6.30. The molecular formula is C18H20ClFO. The van der Waals surface area contributed by atoms with Crippen LogP contribution in [0.3, 0.4) is 0 Å². The molecule has 1 nitrogen and oxygen atoms in total. The molecule has 0 fully saturated rings. The Kier molecular flexibility index (Phi) is 4.89. The first-order valence-electron chi connectivity index (χ1n) is 7.01. The molecule has 0 saturated heterocycles. The summed E-state index contributed by atoms with van der Waals surface area (Å²) in [5, 5.41) is 0.0829. The van der Waals surface area contributed by atoms with Gasteiger partial charge in [0.2, 0.25) is 0 Å². The van der Waals surface area contributed by atoms with Gasteiger partial charge in [0.1, 0.15) is 11.6 Å². The molecule has 0 aliphatic rings. The van der Waals surface area contributed by atoms with Gasteiger partial charge in [0.25, 0.3) is 0 Å². The van der Waals surface area contributed by atoms with Crippen molar-refractivity contribution in [2.24, 2.45) is 5.41 Å². The maximum Gasteiger partial charge on any atom is 0.142 e. The topological polar surface area (TPSA) is 9.23 Å². The lowest BCUT2D eigenvalue weighted by molar-refractivity contribution is 0.203. The molecule has 0 spiro atoms. The van der Waals surface area contributed by atoms with E-state index in [0.717, 1.165) is 0 Å². The second-order valence-corrected chi connectivity index (χ2v) is 6.62. The smallest absolute Gasteiger partial charge is 0.142 e. The van der Waals surface area contributed by atoms with E-state index in [9.17, 15) is 4.39 Å². The zero-order valence-electron chi connectivity index (χ0n) is 12.6. The van der Waals surface area contributed by atoms with Gasteiger partial charge in [0, 0.05) is 12.0 Å². The zero-order chi connectivity index (χ0) is 15.5. The minimum absolute atomic E-state index is 0.0607. The van der Waals surface area contributed by atoms with Crippen LogP contribution in [0.1, 0.15) is 32.3 Å². The van der Waals surface area contributed by atoms with E-state index in [2.05, 4.69) is 32.9 Å². The molecule has 112 valence electrons. The van der Waals surface area contributed by atoms with Crippen LogP contribution < -0.4 is 4.74 Å². The molecule has 2 aromatic carbocycles. The van der Waals surface area contributed by atoms with Gasteiger partial charge >= 0.3 is 0 Å². The van der Waals surface area contributed by atoms with Gasteiger partial charge in [-0.15, -0.1) is 0 Å². The van der Waals surface area contributed by atoms with Crippen molar-refractivity contribution in [1.82, 2.24) is 0 Å². The molecule has 2 rings (SSSR count). The second-order valence-electron chi connectivity index (χ2n) is 6.22. The van der Waals surface area contributed by atoms with Crippen LogP contribution in [0.25, 0.3) is 0 Å². The molecule has 1 atom stereocenters. The molecule has 0 aliphatic carbocycles. The fourth-order valence-electron chi connectivity index (χ4n) is 2.28. The third-order valence-electron chi connectivity index (χ3n) is 3.56. The highest BCUT2D eigenvalue weighted by Crippen LogP contribution is 2.35. The normalized spacial score (nSPS) is 13.0. The second kappa shape index (κ2) is 6.48. The number of halogens is 2. The summed E-state index contributed by atoms with van der Waals surface area (Å²) in [5.74, 6) is 0.397. The van der Waals surface area contributed by atoms with E-state index >= 15 is 0 Å². The predicted molar refractivity (Wildman–Crippen MR) is 85.5 cm³/mol. The number of hydrogen-bond donors (Lipinski definition) is 0. The molecule has 2 aromatic rings. The van der Waals surface area contributed by atoms with Crippen LogP contribution in [0.5, 0.6) is 5.75 Å². The lowest BCUT2D eigenvalue weighted by Crippen LogP contribution is -2.24. The molecule has 1 unspecified atom stereocenters. The van der Waals surface area contributed by atoms with Crippen LogP contribution in [0, 0.1) is 11.2 Å². The monoisotopic (exact) mass is 306 g/mol. The highest BCUT2D eigenvalue weighted by Gasteiger charge is 2.26. The summed E-state index contributed by atoms with van der Waals surface area (Å²) in [6.45, 7) is 7.08. The van der Waals surface area contributed by atoms with Crippen molar-refractivity contribution >= 4 is 11.6 Å². The largest absolute Gasteiger partial charge is 0.493 e. The molecule has 0 aliphatic heterocycles. The van der Waals surface area contributed by atoms with E-state index in [0.29, 0.717) is 12.4 Å². The fourth-order valence-corrected chi connectivity index (χ4v) is 2.45. The molecule has 0 bridgehead atoms. The minimum atomic E-state index is -0.431. The van der Waals surface area contributed by atoms with E-state index in [4.69, 9.17) is 16.3 Å². The zero-order valence-corrected chi connectivity index (χ0v) is 13.3. The van der Waals surface area contributed by atoms with Crippen molar-refractivity contribution in [3.8, 4) is 5.75 Å². The summed E-state index contributed by atoms with van der Waals surface area (Å²) in [6, 6.07) is 14.7. The van der Waals surface area contributed by atoms with E-state index in [-0.39, 0.29) is 16.4 Å². The van der Waals surface area contributed by atoms with E-state index in [1.165, 1.54) is 17.7 Å². The first kappa shape index (κ1) is 15.8. The quantitative estimate of drug-likeness (QED) is 0.705. The molecule has 0 amide bonds. The molecule has 0 heterocycles. The number of ether oxygens (including phenoxy) is 1. The Morgan fingerprint density at radius 3 is 2.33 bits per heavy atom. The predicted octanol–water partition coefficient (Wildman–Crippen LogP) is 5.69. The third-order valence-corrected chi connectivity index (χ3v) is 3.84. The summed E-state index contributed by atoms with van der Waals surface area (Å²) in [7, 11) is 0. The number of benzene rings is 2. The Balaban J connectivity index is 2.15. The van der Waals surface area contributed by atoms with Crippen molar-refractivity contribution in [3.63, 3.8) is 0 Å². The van der Waals surface area contributed by atoms with Crippen LogP contribution in [-0.2, 0) is 0 Å². The Hall–Kier alpha value is -1.54. The Labute approximate surface area is 130 Å². The van der Waals surface area contributed by atoms with E-state index < -0.39 is 5.82 Å². The summed E-state index contributed by atoms with van der Waals surface area (Å²) in [6.07, 6.45) is 0. The van der Waals surface area contributed by atoms with Crippen molar-refractivity contribution in [1.29, 1.82) is 0 Å². The highest BCUT2D eigenvalue weighted by atomic mass is 35.5. The van der Waals surface area contributed by atoms with Gasteiger partial charge in [-0.3, -0.25) is 0 Å². The van der Waals surface area contributed by atoms with Crippen LogP contribution in [0.15, 0.2) is 48.5 Å². The lowest BCUT2D eigenvalue weighted by Gasteiger charge is -2.31. The Bertz CT molecular complexity index is 590. The standard InChI is InChI=1S/C18H20ClFO/c1-18(2,3)15(13-7-5-4-6-8-13)12-21-14-9-10-17(20)16(19)11-14/h4-11,15H,12H2,1-3H3. The van der Waals surface area contributed by atoms with Crippen LogP contribution in [0.2, 0.25) is 5.02 Å². The average molecular weight is 307 g/mol. The molecule has 0 saturated carbocycles. The van der Waals surface area contributed by atoms with Gasteiger partial charge in [-0.05, 0) is 23.1 Å². The van der Waals surface area contributed by atoms with Crippen LogP contribution in [-0.4, -0.2) is 6.61 Å². The van der Waals surface area contributed by atoms with Crippen molar-refractivity contribution in [3.05, 3.63) is 64.9 Å². The van der Waals surface area contributed by atoms with Gasteiger partial charge < -0.3 is 4.74 Å². The maximum absolute atomic E-state index is 13.2. The van der Waals surface area contributed by atoms with Gasteiger partial charge in [0.05, 0.1) is 11.6 Å². The summed E-state index contributed by atoms with van der Waals surface area (Å²) in [4.78, 5) is 0. The summed E-state index contributed by atoms with van der Waals surface area (Å²) < 4.78 is 19.0. The molecular weight excluding hydrogens is 287 g/mol. The van der Waals surface area contributed by atoms with Crippen LogP contribution in [0.4, 0.5) is 4.39 Å². The Morgan fingerprint density at radius 1 is 1.10 bits per heavy atom. The summed E-state index contributed by atoms with van der Waals surface area (Å²) >= 11 is 5.78. The van der Waals surface area contributed by atoms with Crippen LogP contribution >= 0.6 is 11.6 Å². The van der Waals surface area contributed by atoms with E-state index in [1.54, 1.807) is 6.07 Å².